The third-order valence-electron chi connectivity index (χ3n) is 4.06. The van der Waals surface area contributed by atoms with Gasteiger partial charge in [-0.05, 0) is 41.8 Å². The number of amides is 2. The predicted octanol–water partition coefficient (Wildman–Crippen LogP) is 2.03. The Bertz CT molecular complexity index is 456. The van der Waals surface area contributed by atoms with Crippen molar-refractivity contribution in [2.45, 2.75) is 31.7 Å². The topological polar surface area (TPSA) is 40.6 Å². The summed E-state index contributed by atoms with van der Waals surface area (Å²) in [6.45, 7) is 2.42. The van der Waals surface area contributed by atoms with Crippen molar-refractivity contribution < 1.29 is 9.59 Å². The minimum atomic E-state index is -0.00344. The average molecular weight is 278 g/mol. The minimum absolute atomic E-state index is 0.00344. The molecule has 1 aromatic heterocycles. The first kappa shape index (κ1) is 12.8. The second-order valence-electron chi connectivity index (χ2n) is 5.19. The van der Waals surface area contributed by atoms with Crippen molar-refractivity contribution >= 4 is 23.2 Å². The smallest absolute Gasteiger partial charge is 0.229 e. The highest BCUT2D eigenvalue weighted by atomic mass is 32.1. The van der Waals surface area contributed by atoms with Gasteiger partial charge in [0, 0.05) is 32.0 Å². The van der Waals surface area contributed by atoms with Gasteiger partial charge in [-0.2, -0.15) is 11.3 Å². The van der Waals surface area contributed by atoms with Crippen molar-refractivity contribution in [3.05, 3.63) is 22.4 Å². The maximum absolute atomic E-state index is 11.6. The highest BCUT2D eigenvalue weighted by molar-refractivity contribution is 7.07. The van der Waals surface area contributed by atoms with Gasteiger partial charge in [0.1, 0.15) is 0 Å². The fraction of sp³-hybridized carbons (Fsp3) is 0.571. The fourth-order valence-electron chi connectivity index (χ4n) is 3.04. The SMILES string of the molecule is O=C1CCC(=O)N1CCN1CCCC1c1ccsc1. The molecule has 4 nitrogen and oxygen atoms in total. The first-order valence-electron chi connectivity index (χ1n) is 6.85. The van der Waals surface area contributed by atoms with Crippen LogP contribution in [0.25, 0.3) is 0 Å². The zero-order valence-electron chi connectivity index (χ0n) is 10.9. The molecule has 0 aliphatic carbocycles. The van der Waals surface area contributed by atoms with Gasteiger partial charge in [0.2, 0.25) is 11.8 Å². The molecular formula is C14H18N2O2S. The summed E-state index contributed by atoms with van der Waals surface area (Å²) in [4.78, 5) is 27.0. The van der Waals surface area contributed by atoms with Crippen LogP contribution in [0.2, 0.25) is 0 Å². The summed E-state index contributed by atoms with van der Waals surface area (Å²) in [7, 11) is 0. The lowest BCUT2D eigenvalue weighted by Crippen LogP contribution is -2.37. The second kappa shape index (κ2) is 5.43. The Morgan fingerprint density at radius 2 is 2.00 bits per heavy atom. The largest absolute Gasteiger partial charge is 0.295 e. The van der Waals surface area contributed by atoms with E-state index in [2.05, 4.69) is 21.7 Å². The number of carbonyl (C=O) groups excluding carboxylic acids is 2. The summed E-state index contributed by atoms with van der Waals surface area (Å²) in [6, 6.07) is 2.65. The Morgan fingerprint density at radius 1 is 1.21 bits per heavy atom. The van der Waals surface area contributed by atoms with Gasteiger partial charge in [-0.3, -0.25) is 19.4 Å². The molecule has 3 rings (SSSR count). The van der Waals surface area contributed by atoms with Crippen LogP contribution >= 0.6 is 11.3 Å². The maximum atomic E-state index is 11.6. The van der Waals surface area contributed by atoms with Crippen LogP contribution in [0.15, 0.2) is 16.8 Å². The summed E-state index contributed by atoms with van der Waals surface area (Å²) in [5, 5.41) is 4.31. The summed E-state index contributed by atoms with van der Waals surface area (Å²) >= 11 is 1.73. The highest BCUT2D eigenvalue weighted by Crippen LogP contribution is 2.32. The monoisotopic (exact) mass is 278 g/mol. The summed E-state index contributed by atoms with van der Waals surface area (Å²) in [5.74, 6) is -0.00689. The van der Waals surface area contributed by atoms with E-state index in [4.69, 9.17) is 0 Å². The van der Waals surface area contributed by atoms with Gasteiger partial charge in [-0.1, -0.05) is 0 Å². The molecule has 3 heterocycles. The number of thiophene rings is 1. The van der Waals surface area contributed by atoms with Crippen molar-refractivity contribution in [2.24, 2.45) is 0 Å². The van der Waals surface area contributed by atoms with E-state index < -0.39 is 0 Å². The van der Waals surface area contributed by atoms with E-state index in [0.717, 1.165) is 13.1 Å². The molecular weight excluding hydrogens is 260 g/mol. The van der Waals surface area contributed by atoms with Crippen molar-refractivity contribution in [3.63, 3.8) is 0 Å². The maximum Gasteiger partial charge on any atom is 0.229 e. The van der Waals surface area contributed by atoms with Crippen LogP contribution in [-0.4, -0.2) is 41.2 Å². The minimum Gasteiger partial charge on any atom is -0.295 e. The van der Waals surface area contributed by atoms with Gasteiger partial charge in [0.05, 0.1) is 0 Å². The molecule has 1 unspecified atom stereocenters. The molecule has 0 saturated carbocycles. The van der Waals surface area contributed by atoms with E-state index in [0.29, 0.717) is 25.4 Å². The van der Waals surface area contributed by atoms with Crippen LogP contribution in [0.4, 0.5) is 0 Å². The number of hydrogen-bond acceptors (Lipinski definition) is 4. The molecule has 2 fully saturated rings. The third-order valence-corrected chi connectivity index (χ3v) is 4.76. The van der Waals surface area contributed by atoms with E-state index in [1.54, 1.807) is 11.3 Å². The molecule has 5 heteroatoms. The molecule has 0 radical (unpaired) electrons. The van der Waals surface area contributed by atoms with Crippen LogP contribution in [0.1, 0.15) is 37.3 Å². The highest BCUT2D eigenvalue weighted by Gasteiger charge is 2.31. The Kier molecular flexibility index (Phi) is 3.66. The van der Waals surface area contributed by atoms with Crippen molar-refractivity contribution in [3.8, 4) is 0 Å². The van der Waals surface area contributed by atoms with Crippen molar-refractivity contribution in [1.29, 1.82) is 0 Å². The first-order valence-corrected chi connectivity index (χ1v) is 7.79. The Balaban J connectivity index is 1.60. The molecule has 2 amide bonds. The second-order valence-corrected chi connectivity index (χ2v) is 5.97. The zero-order chi connectivity index (χ0) is 13.2. The molecule has 0 N–H and O–H groups in total. The quantitative estimate of drug-likeness (QED) is 0.791. The lowest BCUT2D eigenvalue weighted by Gasteiger charge is -2.25. The molecule has 0 aromatic carbocycles. The van der Waals surface area contributed by atoms with Gasteiger partial charge in [-0.25, -0.2) is 0 Å². The van der Waals surface area contributed by atoms with Crippen molar-refractivity contribution in [2.75, 3.05) is 19.6 Å². The van der Waals surface area contributed by atoms with Crippen LogP contribution in [-0.2, 0) is 9.59 Å². The Morgan fingerprint density at radius 3 is 2.68 bits per heavy atom. The fourth-order valence-corrected chi connectivity index (χ4v) is 3.74. The van der Waals surface area contributed by atoms with Crippen LogP contribution < -0.4 is 0 Å². The van der Waals surface area contributed by atoms with E-state index in [1.807, 2.05) is 0 Å². The number of nitrogens with zero attached hydrogens (tertiary/aromatic N) is 2. The third kappa shape index (κ3) is 2.58. The van der Waals surface area contributed by atoms with Crippen LogP contribution in [0.3, 0.4) is 0 Å². The molecule has 19 heavy (non-hydrogen) atoms. The number of hydrogen-bond donors (Lipinski definition) is 0. The summed E-state index contributed by atoms with van der Waals surface area (Å²) in [6.07, 6.45) is 3.17. The lowest BCUT2D eigenvalue weighted by molar-refractivity contribution is -0.138. The predicted molar refractivity (Wildman–Crippen MR) is 73.8 cm³/mol. The van der Waals surface area contributed by atoms with Gasteiger partial charge < -0.3 is 0 Å². The average Bonchev–Trinajstić information content (AvgIpc) is 3.09. The van der Waals surface area contributed by atoms with E-state index >= 15 is 0 Å². The van der Waals surface area contributed by atoms with Gasteiger partial charge in [0.15, 0.2) is 0 Å². The molecule has 1 atom stereocenters. The first-order chi connectivity index (χ1) is 9.25. The molecule has 2 aliphatic rings. The van der Waals surface area contributed by atoms with E-state index in [-0.39, 0.29) is 11.8 Å². The summed E-state index contributed by atoms with van der Waals surface area (Å²) < 4.78 is 0. The summed E-state index contributed by atoms with van der Waals surface area (Å²) in [5.41, 5.74) is 1.38. The normalized spacial score (nSPS) is 24.6. The number of likely N-dealkylation sites (tertiary alicyclic amines) is 2. The van der Waals surface area contributed by atoms with Gasteiger partial charge in [-0.15, -0.1) is 0 Å². The zero-order valence-corrected chi connectivity index (χ0v) is 11.7. The van der Waals surface area contributed by atoms with Crippen LogP contribution in [0.5, 0.6) is 0 Å². The van der Waals surface area contributed by atoms with E-state index in [9.17, 15) is 9.59 Å². The number of rotatable bonds is 4. The van der Waals surface area contributed by atoms with Gasteiger partial charge in [0.25, 0.3) is 0 Å². The standard InChI is InChI=1S/C14H18N2O2S/c17-13-3-4-14(18)16(13)8-7-15-6-1-2-12(15)11-5-9-19-10-11/h5,9-10,12H,1-4,6-8H2. The molecule has 2 saturated heterocycles. The number of imide groups is 1. The molecule has 0 bridgehead atoms. The van der Waals surface area contributed by atoms with E-state index in [1.165, 1.54) is 23.3 Å². The number of carbonyl (C=O) groups is 2. The molecule has 102 valence electrons. The molecule has 0 spiro atoms. The molecule has 2 aliphatic heterocycles. The Hall–Kier alpha value is -1.20. The Labute approximate surface area is 117 Å². The lowest BCUT2D eigenvalue weighted by atomic mass is 10.1. The van der Waals surface area contributed by atoms with Crippen LogP contribution in [0, 0.1) is 0 Å². The van der Waals surface area contributed by atoms with Gasteiger partial charge >= 0.3 is 0 Å². The van der Waals surface area contributed by atoms with Crippen molar-refractivity contribution in [1.82, 2.24) is 9.80 Å². The molecule has 1 aromatic rings.